The summed E-state index contributed by atoms with van der Waals surface area (Å²) in [7, 11) is 0. The molecule has 0 amide bonds. The lowest BCUT2D eigenvalue weighted by Gasteiger charge is -2.22. The summed E-state index contributed by atoms with van der Waals surface area (Å²) in [4.78, 5) is 11.0. The summed E-state index contributed by atoms with van der Waals surface area (Å²) >= 11 is 0. The molecule has 0 saturated carbocycles. The molecule has 3 heteroatoms. The predicted molar refractivity (Wildman–Crippen MR) is 279 cm³/mol. The second-order valence-corrected chi connectivity index (χ2v) is 19.4. The number of para-hydroxylation sites is 1. The second kappa shape index (κ2) is 14.7. The van der Waals surface area contributed by atoms with E-state index < -0.39 is 0 Å². The molecule has 2 aliphatic carbocycles. The molecular formula is C64H47N3. The average Bonchev–Trinajstić information content (AvgIpc) is 3.93. The minimum Gasteiger partial charge on any atom is -0.309 e. The molecule has 13 rings (SSSR count). The van der Waals surface area contributed by atoms with Gasteiger partial charge in [-0.1, -0.05) is 185 Å². The first-order valence-corrected chi connectivity index (χ1v) is 23.4. The molecule has 11 aromatic rings. The minimum atomic E-state index is -0.137. The van der Waals surface area contributed by atoms with Gasteiger partial charge in [-0.3, -0.25) is 0 Å². The number of rotatable bonds is 6. The van der Waals surface area contributed by atoms with Gasteiger partial charge in [-0.2, -0.15) is 0 Å². The van der Waals surface area contributed by atoms with Crippen molar-refractivity contribution in [3.63, 3.8) is 0 Å². The first-order valence-electron chi connectivity index (χ1n) is 23.4. The van der Waals surface area contributed by atoms with Gasteiger partial charge < -0.3 is 4.57 Å². The Balaban J connectivity index is 0.999. The molecule has 0 fully saturated rings. The van der Waals surface area contributed by atoms with Crippen molar-refractivity contribution in [3.8, 4) is 84.1 Å². The van der Waals surface area contributed by atoms with E-state index in [1.807, 2.05) is 0 Å². The van der Waals surface area contributed by atoms with Crippen molar-refractivity contribution in [1.82, 2.24) is 14.5 Å². The Morgan fingerprint density at radius 2 is 0.836 bits per heavy atom. The summed E-state index contributed by atoms with van der Waals surface area (Å²) in [6.07, 6.45) is 0. The van der Waals surface area contributed by atoms with Crippen LogP contribution in [-0.2, 0) is 10.8 Å². The molecule has 67 heavy (non-hydrogen) atoms. The van der Waals surface area contributed by atoms with E-state index in [2.05, 4.69) is 245 Å². The lowest BCUT2D eigenvalue weighted by atomic mass is 9.81. The van der Waals surface area contributed by atoms with Gasteiger partial charge in [0.25, 0.3) is 0 Å². The maximum Gasteiger partial charge on any atom is 0.160 e. The summed E-state index contributed by atoms with van der Waals surface area (Å²) in [6, 6.07) is 77.6. The maximum absolute atomic E-state index is 5.48. The normalized spacial score (nSPS) is 13.9. The summed E-state index contributed by atoms with van der Waals surface area (Å²) in [5.41, 5.74) is 23.4. The number of hydrogen-bond donors (Lipinski definition) is 0. The summed E-state index contributed by atoms with van der Waals surface area (Å²) < 4.78 is 2.40. The SMILES string of the molecule is CC1(C)c2ccccc2-c2ccc(-c3cc(-c4ccc5c(c4)C(C)(C)c4ccccc4-5)nc(-c4cccc(-c5cccc6c5c5cc(-c7ccccc7)ccc5n6-c5ccccc5)c4)n3)cc21. The van der Waals surface area contributed by atoms with Gasteiger partial charge in [0.15, 0.2) is 5.82 Å². The van der Waals surface area contributed by atoms with Crippen LogP contribution in [0.5, 0.6) is 0 Å². The van der Waals surface area contributed by atoms with E-state index in [0.29, 0.717) is 5.82 Å². The molecule has 0 N–H and O–H groups in total. The Kier molecular flexibility index (Phi) is 8.60. The first kappa shape index (κ1) is 39.2. The molecule has 2 aliphatic rings. The van der Waals surface area contributed by atoms with E-state index in [1.54, 1.807) is 0 Å². The van der Waals surface area contributed by atoms with Crippen molar-refractivity contribution in [3.05, 3.63) is 235 Å². The molecular weight excluding hydrogens is 811 g/mol. The van der Waals surface area contributed by atoms with Crippen molar-refractivity contribution < 1.29 is 0 Å². The molecule has 0 spiro atoms. The van der Waals surface area contributed by atoms with Crippen LogP contribution in [0.3, 0.4) is 0 Å². The van der Waals surface area contributed by atoms with Crippen LogP contribution >= 0.6 is 0 Å². The van der Waals surface area contributed by atoms with Gasteiger partial charge in [-0.15, -0.1) is 0 Å². The molecule has 0 saturated heterocycles. The Hall–Kier alpha value is -8.14. The molecule has 0 bridgehead atoms. The van der Waals surface area contributed by atoms with Gasteiger partial charge in [0, 0.05) is 44.0 Å². The van der Waals surface area contributed by atoms with Crippen molar-refractivity contribution in [2.24, 2.45) is 0 Å². The highest BCUT2D eigenvalue weighted by Crippen LogP contribution is 2.51. The zero-order valence-corrected chi connectivity index (χ0v) is 38.0. The maximum atomic E-state index is 5.48. The fourth-order valence-corrected chi connectivity index (χ4v) is 11.4. The van der Waals surface area contributed by atoms with Crippen molar-refractivity contribution >= 4 is 21.8 Å². The van der Waals surface area contributed by atoms with Gasteiger partial charge in [0.05, 0.1) is 22.4 Å². The fraction of sp³-hybridized carbons (Fsp3) is 0.0938. The van der Waals surface area contributed by atoms with E-state index in [-0.39, 0.29) is 10.8 Å². The molecule has 0 unspecified atom stereocenters. The van der Waals surface area contributed by atoms with E-state index in [9.17, 15) is 0 Å². The van der Waals surface area contributed by atoms with Crippen molar-refractivity contribution in [2.45, 2.75) is 38.5 Å². The lowest BCUT2D eigenvalue weighted by molar-refractivity contribution is 0.660. The van der Waals surface area contributed by atoms with Crippen LogP contribution in [0.2, 0.25) is 0 Å². The molecule has 318 valence electrons. The smallest absolute Gasteiger partial charge is 0.160 e. The summed E-state index contributed by atoms with van der Waals surface area (Å²) in [6.45, 7) is 9.37. The highest BCUT2D eigenvalue weighted by molar-refractivity contribution is 6.16. The molecule has 0 aliphatic heterocycles. The number of benzene rings is 9. The third kappa shape index (κ3) is 6.04. The van der Waals surface area contributed by atoms with Crippen molar-refractivity contribution in [2.75, 3.05) is 0 Å². The average molecular weight is 858 g/mol. The topological polar surface area (TPSA) is 30.7 Å². The zero-order chi connectivity index (χ0) is 45.0. The van der Waals surface area contributed by atoms with Crippen LogP contribution in [0.1, 0.15) is 49.9 Å². The van der Waals surface area contributed by atoms with E-state index in [4.69, 9.17) is 9.97 Å². The van der Waals surface area contributed by atoms with E-state index >= 15 is 0 Å². The first-order chi connectivity index (χ1) is 32.7. The van der Waals surface area contributed by atoms with Crippen LogP contribution in [0.25, 0.3) is 106 Å². The highest BCUT2D eigenvalue weighted by Gasteiger charge is 2.37. The molecule has 3 nitrogen and oxygen atoms in total. The molecule has 0 radical (unpaired) electrons. The van der Waals surface area contributed by atoms with Crippen molar-refractivity contribution in [1.29, 1.82) is 0 Å². The number of fused-ring (bicyclic) bond motifs is 9. The number of hydrogen-bond acceptors (Lipinski definition) is 2. The van der Waals surface area contributed by atoms with Crippen LogP contribution in [0, 0.1) is 0 Å². The predicted octanol–water partition coefficient (Wildman–Crippen LogP) is 16.5. The second-order valence-electron chi connectivity index (χ2n) is 19.4. The Morgan fingerprint density at radius 1 is 0.328 bits per heavy atom. The van der Waals surface area contributed by atoms with Crippen LogP contribution in [0.4, 0.5) is 0 Å². The third-order valence-corrected chi connectivity index (χ3v) is 14.8. The quantitative estimate of drug-likeness (QED) is 0.167. The van der Waals surface area contributed by atoms with Gasteiger partial charge in [-0.25, -0.2) is 9.97 Å². The minimum absolute atomic E-state index is 0.137. The standard InChI is InChI=1S/C64H47N3/c1-63(2)53-26-13-11-23-48(53)50-32-29-43(37-55(50)63)57-39-58(44-30-33-51-49-24-12-14-27-54(49)64(3,4)56(51)38-44)66-62(65-57)45-20-15-19-42(35-45)47-25-16-28-60-61(47)52-36-41(40-17-7-5-8-18-40)31-34-59(52)67(60)46-21-9-6-10-22-46/h5-39H,1-4H3. The van der Waals surface area contributed by atoms with Crippen LogP contribution < -0.4 is 0 Å². The summed E-state index contributed by atoms with van der Waals surface area (Å²) in [5, 5.41) is 2.43. The lowest BCUT2D eigenvalue weighted by Crippen LogP contribution is -2.15. The van der Waals surface area contributed by atoms with Gasteiger partial charge in [0.2, 0.25) is 0 Å². The summed E-state index contributed by atoms with van der Waals surface area (Å²) in [5.74, 6) is 0.700. The highest BCUT2D eigenvalue weighted by atomic mass is 15.0. The van der Waals surface area contributed by atoms with E-state index in [1.165, 1.54) is 83.0 Å². The van der Waals surface area contributed by atoms with Crippen LogP contribution in [-0.4, -0.2) is 14.5 Å². The van der Waals surface area contributed by atoms with E-state index in [0.717, 1.165) is 39.3 Å². The Bertz CT molecular complexity index is 3670. The molecule has 2 aromatic heterocycles. The monoisotopic (exact) mass is 857 g/mol. The Labute approximate surface area is 391 Å². The number of aromatic nitrogens is 3. The van der Waals surface area contributed by atoms with Gasteiger partial charge >= 0.3 is 0 Å². The van der Waals surface area contributed by atoms with Gasteiger partial charge in [-0.05, 0) is 121 Å². The zero-order valence-electron chi connectivity index (χ0n) is 38.0. The Morgan fingerprint density at radius 3 is 1.48 bits per heavy atom. The third-order valence-electron chi connectivity index (χ3n) is 14.8. The number of nitrogens with zero attached hydrogens (tertiary/aromatic N) is 3. The molecule has 9 aromatic carbocycles. The molecule has 0 atom stereocenters. The molecule has 2 heterocycles. The largest absolute Gasteiger partial charge is 0.309 e. The van der Waals surface area contributed by atoms with Crippen LogP contribution in [0.15, 0.2) is 212 Å². The van der Waals surface area contributed by atoms with Gasteiger partial charge in [0.1, 0.15) is 0 Å². The fourth-order valence-electron chi connectivity index (χ4n) is 11.4.